The van der Waals surface area contributed by atoms with E-state index in [2.05, 4.69) is 6.58 Å². The number of carbonyl (C=O) groups is 2. The molecule has 2 aromatic carbocycles. The molecule has 0 bridgehead atoms. The number of para-hydroxylation sites is 1. The fourth-order valence-electron chi connectivity index (χ4n) is 3.92. The van der Waals surface area contributed by atoms with Crippen LogP contribution in [0.15, 0.2) is 49.1 Å². The number of hydrogen-bond acceptors (Lipinski definition) is 6. The number of nitrogens with zero attached hydrogens (tertiary/aromatic N) is 1. The first-order valence-electron chi connectivity index (χ1n) is 10.7. The summed E-state index contributed by atoms with van der Waals surface area (Å²) in [5, 5.41) is -0.201. The van der Waals surface area contributed by atoms with E-state index < -0.39 is 5.25 Å². The molecular weight excluding hydrogens is 462 g/mol. The van der Waals surface area contributed by atoms with Crippen molar-refractivity contribution in [2.75, 3.05) is 32.3 Å². The topological polar surface area (TPSA) is 65.1 Å². The lowest BCUT2D eigenvalue weighted by atomic mass is 10.00. The normalized spacial score (nSPS) is 17.7. The standard InChI is InChI=1S/C25H28ClNO5S/c1-5-14-27-19-11-10-16(26)15-18(19)24(17-8-7-9-20(30-3)23(17)31-4)33-21(25(27)29)12-13-22(28)32-6-2/h5,7-11,15,21,24H,1,6,12-14H2,2-4H3/t21-,24-/m0/s1. The van der Waals surface area contributed by atoms with Crippen molar-refractivity contribution in [3.63, 3.8) is 0 Å². The molecule has 0 radical (unpaired) electrons. The number of hydrogen-bond donors (Lipinski definition) is 0. The van der Waals surface area contributed by atoms with Crippen LogP contribution in [0.5, 0.6) is 11.5 Å². The largest absolute Gasteiger partial charge is 0.493 e. The van der Waals surface area contributed by atoms with Crippen molar-refractivity contribution < 1.29 is 23.8 Å². The third kappa shape index (κ3) is 5.47. The first-order chi connectivity index (χ1) is 15.9. The molecule has 6 nitrogen and oxygen atoms in total. The van der Waals surface area contributed by atoms with Gasteiger partial charge in [0.15, 0.2) is 11.5 Å². The van der Waals surface area contributed by atoms with E-state index in [0.717, 1.165) is 16.8 Å². The Morgan fingerprint density at radius 2 is 2.00 bits per heavy atom. The maximum absolute atomic E-state index is 13.6. The summed E-state index contributed by atoms with van der Waals surface area (Å²) in [5.41, 5.74) is 2.50. The quantitative estimate of drug-likeness (QED) is 0.346. The van der Waals surface area contributed by atoms with Gasteiger partial charge in [-0.3, -0.25) is 9.59 Å². The number of methoxy groups -OCH3 is 2. The highest BCUT2D eigenvalue weighted by atomic mass is 35.5. The molecular formula is C25H28ClNO5S. The zero-order valence-electron chi connectivity index (χ0n) is 19.0. The first kappa shape index (κ1) is 25.0. The Bertz CT molecular complexity index is 1030. The number of esters is 1. The van der Waals surface area contributed by atoms with E-state index in [4.69, 9.17) is 25.8 Å². The Kier molecular flexibility index (Phi) is 8.69. The number of benzene rings is 2. The highest BCUT2D eigenvalue weighted by molar-refractivity contribution is 8.01. The number of fused-ring (bicyclic) bond motifs is 1. The minimum atomic E-state index is -0.485. The smallest absolute Gasteiger partial charge is 0.305 e. The van der Waals surface area contributed by atoms with Crippen LogP contribution in [0.4, 0.5) is 5.69 Å². The van der Waals surface area contributed by atoms with Crippen molar-refractivity contribution in [2.24, 2.45) is 0 Å². The monoisotopic (exact) mass is 489 g/mol. The van der Waals surface area contributed by atoms with E-state index in [9.17, 15) is 9.59 Å². The van der Waals surface area contributed by atoms with E-state index in [1.165, 1.54) is 11.8 Å². The van der Waals surface area contributed by atoms with Gasteiger partial charge in [0.1, 0.15) is 0 Å². The number of carbonyl (C=O) groups excluding carboxylic acids is 2. The molecule has 0 N–H and O–H groups in total. The molecule has 176 valence electrons. The summed E-state index contributed by atoms with van der Waals surface area (Å²) in [7, 11) is 3.18. The van der Waals surface area contributed by atoms with Crippen LogP contribution in [0.25, 0.3) is 0 Å². The minimum absolute atomic E-state index is 0.0860. The van der Waals surface area contributed by atoms with Gasteiger partial charge < -0.3 is 19.1 Å². The summed E-state index contributed by atoms with van der Waals surface area (Å²) >= 11 is 7.88. The molecule has 33 heavy (non-hydrogen) atoms. The van der Waals surface area contributed by atoms with E-state index in [1.54, 1.807) is 38.2 Å². The molecule has 8 heteroatoms. The van der Waals surface area contributed by atoms with Gasteiger partial charge in [0.2, 0.25) is 5.91 Å². The van der Waals surface area contributed by atoms with Crippen molar-refractivity contribution in [3.05, 3.63) is 65.2 Å². The number of ether oxygens (including phenoxy) is 3. The highest BCUT2D eigenvalue weighted by Gasteiger charge is 2.37. The summed E-state index contributed by atoms with van der Waals surface area (Å²) in [4.78, 5) is 27.4. The summed E-state index contributed by atoms with van der Waals surface area (Å²) in [6.07, 6.45) is 2.19. The molecule has 0 unspecified atom stereocenters. The van der Waals surface area contributed by atoms with Gasteiger partial charge in [0.25, 0.3) is 0 Å². The van der Waals surface area contributed by atoms with Crippen LogP contribution >= 0.6 is 23.4 Å². The van der Waals surface area contributed by atoms with Crippen LogP contribution in [0, 0.1) is 0 Å². The second-order valence-electron chi connectivity index (χ2n) is 7.37. The van der Waals surface area contributed by atoms with E-state index in [0.29, 0.717) is 36.1 Å². The van der Waals surface area contributed by atoms with Gasteiger partial charge in [-0.1, -0.05) is 29.8 Å². The Morgan fingerprint density at radius 1 is 1.21 bits per heavy atom. The Balaban J connectivity index is 2.15. The fraction of sp³-hybridized carbons (Fsp3) is 0.360. The molecule has 2 atom stereocenters. The third-order valence-electron chi connectivity index (χ3n) is 5.35. The molecule has 0 fully saturated rings. The second-order valence-corrected chi connectivity index (χ2v) is 9.12. The van der Waals surface area contributed by atoms with Crippen LogP contribution in [0.3, 0.4) is 0 Å². The predicted molar refractivity (Wildman–Crippen MR) is 133 cm³/mol. The number of thioether (sulfide) groups is 1. The predicted octanol–water partition coefficient (Wildman–Crippen LogP) is 5.42. The van der Waals surface area contributed by atoms with Gasteiger partial charge in [0.05, 0.1) is 31.3 Å². The lowest BCUT2D eigenvalue weighted by molar-refractivity contribution is -0.143. The average molecular weight is 490 g/mol. The molecule has 0 spiro atoms. The molecule has 1 heterocycles. The maximum Gasteiger partial charge on any atom is 0.305 e. The zero-order valence-corrected chi connectivity index (χ0v) is 20.6. The summed E-state index contributed by atoms with van der Waals surface area (Å²) in [6.45, 7) is 6.23. The number of amides is 1. The van der Waals surface area contributed by atoms with Gasteiger partial charge in [-0.2, -0.15) is 0 Å². The Labute approximate surface area is 203 Å². The molecule has 0 aliphatic carbocycles. The molecule has 1 amide bonds. The van der Waals surface area contributed by atoms with E-state index >= 15 is 0 Å². The van der Waals surface area contributed by atoms with Gasteiger partial charge in [0, 0.05) is 29.2 Å². The molecule has 1 aliphatic rings. The minimum Gasteiger partial charge on any atom is -0.493 e. The highest BCUT2D eigenvalue weighted by Crippen LogP contribution is 2.51. The van der Waals surface area contributed by atoms with Gasteiger partial charge >= 0.3 is 5.97 Å². The van der Waals surface area contributed by atoms with E-state index in [1.807, 2.05) is 30.3 Å². The van der Waals surface area contributed by atoms with E-state index in [-0.39, 0.29) is 23.5 Å². The molecule has 0 aromatic heterocycles. The molecule has 1 aliphatic heterocycles. The van der Waals surface area contributed by atoms with Crippen LogP contribution in [0.1, 0.15) is 36.1 Å². The molecule has 0 saturated heterocycles. The average Bonchev–Trinajstić information content (AvgIpc) is 2.92. The van der Waals surface area contributed by atoms with Crippen molar-refractivity contribution >= 4 is 40.9 Å². The van der Waals surface area contributed by atoms with Gasteiger partial charge in [-0.25, -0.2) is 0 Å². The van der Waals surface area contributed by atoms with Crippen LogP contribution in [-0.4, -0.2) is 44.5 Å². The zero-order chi connectivity index (χ0) is 24.0. The van der Waals surface area contributed by atoms with Crippen molar-refractivity contribution in [1.82, 2.24) is 0 Å². The SMILES string of the molecule is C=CCN1C(=O)[C@H](CCC(=O)OCC)S[C@@H](c2cccc(OC)c2OC)c2cc(Cl)ccc21. The van der Waals surface area contributed by atoms with Crippen LogP contribution in [0.2, 0.25) is 5.02 Å². The Morgan fingerprint density at radius 3 is 2.67 bits per heavy atom. The first-order valence-corrected chi connectivity index (χ1v) is 12.0. The lowest BCUT2D eigenvalue weighted by Crippen LogP contribution is -2.37. The van der Waals surface area contributed by atoms with Gasteiger partial charge in [-0.05, 0) is 43.2 Å². The van der Waals surface area contributed by atoms with Crippen molar-refractivity contribution in [1.29, 1.82) is 0 Å². The van der Waals surface area contributed by atoms with Crippen LogP contribution in [-0.2, 0) is 14.3 Å². The van der Waals surface area contributed by atoms with Crippen molar-refractivity contribution in [3.8, 4) is 11.5 Å². The summed E-state index contributed by atoms with van der Waals surface area (Å²) < 4.78 is 16.3. The third-order valence-corrected chi connectivity index (χ3v) is 7.13. The van der Waals surface area contributed by atoms with Crippen LogP contribution < -0.4 is 14.4 Å². The van der Waals surface area contributed by atoms with Gasteiger partial charge in [-0.15, -0.1) is 18.3 Å². The number of anilines is 1. The molecule has 0 saturated carbocycles. The fourth-order valence-corrected chi connectivity index (χ4v) is 5.59. The molecule has 3 rings (SSSR count). The lowest BCUT2D eigenvalue weighted by Gasteiger charge is -2.24. The summed E-state index contributed by atoms with van der Waals surface area (Å²) in [6, 6.07) is 11.2. The second kappa shape index (κ2) is 11.5. The van der Waals surface area contributed by atoms with Crippen molar-refractivity contribution in [2.45, 2.75) is 30.3 Å². The maximum atomic E-state index is 13.6. The number of halogens is 1. The Hall–Kier alpha value is -2.64. The molecule has 2 aromatic rings. The summed E-state index contributed by atoms with van der Waals surface area (Å²) in [5.74, 6) is 0.789. The number of rotatable bonds is 9.